The molecule has 2 N–H and O–H groups in total. The van der Waals surface area contributed by atoms with Crippen LogP contribution in [0.4, 0.5) is 18.9 Å². The van der Waals surface area contributed by atoms with Gasteiger partial charge in [0.05, 0.1) is 10.6 Å². The van der Waals surface area contributed by atoms with E-state index in [-0.39, 0.29) is 5.69 Å². The summed E-state index contributed by atoms with van der Waals surface area (Å²) in [5, 5.41) is 4.34. The van der Waals surface area contributed by atoms with E-state index in [0.717, 1.165) is 12.1 Å². The standard InChI is InChI=1S/C17H14ClF3N2O2/c1-10(22-16(25)11-5-3-2-4-6-11)15(24)23-12-7-8-14(18)13(9-12)17(19,20)21/h2-10H,1H3,(H,22,25)(H,23,24)/t10-/m0/s1. The Morgan fingerprint density at radius 2 is 1.72 bits per heavy atom. The molecular formula is C17H14ClF3N2O2. The maximum absolute atomic E-state index is 12.8. The number of hydrogen-bond donors (Lipinski definition) is 2. The van der Waals surface area contributed by atoms with Crippen LogP contribution in [0.25, 0.3) is 0 Å². The van der Waals surface area contributed by atoms with Gasteiger partial charge in [0.1, 0.15) is 6.04 Å². The first kappa shape index (κ1) is 18.8. The molecule has 4 nitrogen and oxygen atoms in total. The van der Waals surface area contributed by atoms with Crippen molar-refractivity contribution in [2.45, 2.75) is 19.1 Å². The molecule has 0 aliphatic heterocycles. The Balaban J connectivity index is 2.05. The van der Waals surface area contributed by atoms with Gasteiger partial charge in [-0.2, -0.15) is 13.2 Å². The summed E-state index contributed by atoms with van der Waals surface area (Å²) in [6.45, 7) is 1.43. The van der Waals surface area contributed by atoms with Crippen molar-refractivity contribution in [3.05, 3.63) is 64.7 Å². The second-order valence-corrected chi connectivity index (χ2v) is 5.65. The van der Waals surface area contributed by atoms with Crippen molar-refractivity contribution in [1.82, 2.24) is 5.32 Å². The highest BCUT2D eigenvalue weighted by Crippen LogP contribution is 2.36. The van der Waals surface area contributed by atoms with Crippen molar-refractivity contribution in [3.8, 4) is 0 Å². The summed E-state index contributed by atoms with van der Waals surface area (Å²) in [5.41, 5.74) is -0.747. The molecule has 0 aromatic heterocycles. The van der Waals surface area contributed by atoms with Crippen molar-refractivity contribution in [1.29, 1.82) is 0 Å². The summed E-state index contributed by atoms with van der Waals surface area (Å²) in [4.78, 5) is 24.1. The fourth-order valence-electron chi connectivity index (χ4n) is 2.01. The number of amides is 2. The molecule has 0 unspecified atom stereocenters. The van der Waals surface area contributed by atoms with Crippen LogP contribution in [0.2, 0.25) is 5.02 Å². The first-order valence-corrected chi connectivity index (χ1v) is 7.60. The molecule has 0 saturated carbocycles. The Labute approximate surface area is 147 Å². The Morgan fingerprint density at radius 3 is 2.32 bits per heavy atom. The zero-order valence-corrected chi connectivity index (χ0v) is 13.8. The van der Waals surface area contributed by atoms with Crippen LogP contribution >= 0.6 is 11.6 Å². The predicted octanol–water partition coefficient (Wildman–Crippen LogP) is 4.12. The number of halogens is 4. The monoisotopic (exact) mass is 370 g/mol. The van der Waals surface area contributed by atoms with Gasteiger partial charge in [-0.15, -0.1) is 0 Å². The van der Waals surface area contributed by atoms with Crippen molar-refractivity contribution in [3.63, 3.8) is 0 Å². The number of rotatable bonds is 4. The Kier molecular flexibility index (Phi) is 5.69. The Hall–Kier alpha value is -2.54. The summed E-state index contributed by atoms with van der Waals surface area (Å²) in [5.74, 6) is -1.12. The largest absolute Gasteiger partial charge is 0.417 e. The third-order valence-corrected chi connectivity index (χ3v) is 3.65. The number of nitrogens with one attached hydrogen (secondary N) is 2. The minimum atomic E-state index is -4.63. The number of carbonyl (C=O) groups is 2. The summed E-state index contributed by atoms with van der Waals surface area (Å²) < 4.78 is 38.5. The zero-order valence-electron chi connectivity index (χ0n) is 13.0. The molecule has 0 radical (unpaired) electrons. The van der Waals surface area contributed by atoms with Crippen LogP contribution in [0, 0.1) is 0 Å². The van der Waals surface area contributed by atoms with Crippen LogP contribution in [0.5, 0.6) is 0 Å². The molecule has 0 aliphatic carbocycles. The lowest BCUT2D eigenvalue weighted by atomic mass is 10.1. The number of hydrogen-bond acceptors (Lipinski definition) is 2. The molecule has 2 aromatic carbocycles. The molecule has 0 heterocycles. The molecule has 0 bridgehead atoms. The molecule has 0 fully saturated rings. The van der Waals surface area contributed by atoms with Crippen LogP contribution in [-0.4, -0.2) is 17.9 Å². The molecule has 2 aromatic rings. The Morgan fingerprint density at radius 1 is 1.08 bits per heavy atom. The lowest BCUT2D eigenvalue weighted by Crippen LogP contribution is -2.41. The van der Waals surface area contributed by atoms with Gasteiger partial charge in [0.2, 0.25) is 5.91 Å². The molecule has 25 heavy (non-hydrogen) atoms. The normalized spacial score (nSPS) is 12.4. The first-order chi connectivity index (χ1) is 11.7. The van der Waals surface area contributed by atoms with Crippen molar-refractivity contribution in [2.24, 2.45) is 0 Å². The van der Waals surface area contributed by atoms with E-state index in [1.165, 1.54) is 13.0 Å². The SMILES string of the molecule is C[C@H](NC(=O)c1ccccc1)C(=O)Nc1ccc(Cl)c(C(F)(F)F)c1. The Bertz CT molecular complexity index is 779. The second kappa shape index (κ2) is 7.57. The zero-order chi connectivity index (χ0) is 18.6. The minimum absolute atomic E-state index is 0.0671. The van der Waals surface area contributed by atoms with Crippen molar-refractivity contribution >= 4 is 29.1 Å². The van der Waals surface area contributed by atoms with Crippen LogP contribution in [0.15, 0.2) is 48.5 Å². The van der Waals surface area contributed by atoms with Gasteiger partial charge in [-0.3, -0.25) is 9.59 Å². The van der Waals surface area contributed by atoms with E-state index in [9.17, 15) is 22.8 Å². The van der Waals surface area contributed by atoms with Crippen molar-refractivity contribution in [2.75, 3.05) is 5.32 Å². The van der Waals surface area contributed by atoms with Crippen LogP contribution in [0.3, 0.4) is 0 Å². The lowest BCUT2D eigenvalue weighted by molar-refractivity contribution is -0.137. The van der Waals surface area contributed by atoms with Gasteiger partial charge in [0.25, 0.3) is 5.91 Å². The van der Waals surface area contributed by atoms with Gasteiger partial charge >= 0.3 is 6.18 Å². The smallest absolute Gasteiger partial charge is 0.341 e. The van der Waals surface area contributed by atoms with E-state index in [2.05, 4.69) is 10.6 Å². The van der Waals surface area contributed by atoms with Crippen LogP contribution < -0.4 is 10.6 Å². The highest BCUT2D eigenvalue weighted by molar-refractivity contribution is 6.31. The van der Waals surface area contributed by atoms with E-state index in [4.69, 9.17) is 11.6 Å². The number of anilines is 1. The summed E-state index contributed by atoms with van der Waals surface area (Å²) in [6, 6.07) is 10.3. The van der Waals surface area contributed by atoms with E-state index < -0.39 is 34.6 Å². The third-order valence-electron chi connectivity index (χ3n) is 3.32. The van der Waals surface area contributed by atoms with Gasteiger partial charge in [-0.1, -0.05) is 29.8 Å². The lowest BCUT2D eigenvalue weighted by Gasteiger charge is -2.16. The second-order valence-electron chi connectivity index (χ2n) is 5.24. The van der Waals surface area contributed by atoms with Gasteiger partial charge in [-0.25, -0.2) is 0 Å². The van der Waals surface area contributed by atoms with Gasteiger partial charge < -0.3 is 10.6 Å². The van der Waals surface area contributed by atoms with Crippen LogP contribution in [0.1, 0.15) is 22.8 Å². The highest BCUT2D eigenvalue weighted by Gasteiger charge is 2.33. The third kappa shape index (κ3) is 4.96. The first-order valence-electron chi connectivity index (χ1n) is 7.22. The molecule has 0 spiro atoms. The average molecular weight is 371 g/mol. The summed E-state index contributed by atoms with van der Waals surface area (Å²) in [7, 11) is 0. The topological polar surface area (TPSA) is 58.2 Å². The highest BCUT2D eigenvalue weighted by atomic mass is 35.5. The molecule has 1 atom stereocenters. The van der Waals surface area contributed by atoms with E-state index in [1.807, 2.05) is 0 Å². The fraction of sp³-hybridized carbons (Fsp3) is 0.176. The molecule has 2 rings (SSSR count). The average Bonchev–Trinajstić information content (AvgIpc) is 2.56. The molecular weight excluding hydrogens is 357 g/mol. The number of alkyl halides is 3. The van der Waals surface area contributed by atoms with Gasteiger partial charge in [0.15, 0.2) is 0 Å². The molecule has 8 heteroatoms. The summed E-state index contributed by atoms with van der Waals surface area (Å²) in [6.07, 6.45) is -4.63. The van der Waals surface area contributed by atoms with Gasteiger partial charge in [-0.05, 0) is 37.3 Å². The van der Waals surface area contributed by atoms with Crippen LogP contribution in [-0.2, 0) is 11.0 Å². The predicted molar refractivity (Wildman–Crippen MR) is 88.5 cm³/mol. The van der Waals surface area contributed by atoms with E-state index >= 15 is 0 Å². The number of carbonyl (C=O) groups excluding carboxylic acids is 2. The maximum Gasteiger partial charge on any atom is 0.417 e. The molecule has 0 saturated heterocycles. The fourth-order valence-corrected chi connectivity index (χ4v) is 2.23. The molecule has 0 aliphatic rings. The minimum Gasteiger partial charge on any atom is -0.341 e. The van der Waals surface area contributed by atoms with Crippen molar-refractivity contribution < 1.29 is 22.8 Å². The number of benzene rings is 2. The van der Waals surface area contributed by atoms with E-state index in [1.54, 1.807) is 30.3 Å². The summed E-state index contributed by atoms with van der Waals surface area (Å²) >= 11 is 5.53. The quantitative estimate of drug-likeness (QED) is 0.850. The molecule has 132 valence electrons. The van der Waals surface area contributed by atoms with E-state index in [0.29, 0.717) is 5.56 Å². The maximum atomic E-state index is 12.8. The molecule has 2 amide bonds. The van der Waals surface area contributed by atoms with Gasteiger partial charge in [0, 0.05) is 11.3 Å².